The van der Waals surface area contributed by atoms with Gasteiger partial charge in [-0.3, -0.25) is 0 Å². The first-order chi connectivity index (χ1) is 9.85. The Balaban J connectivity index is 1.93. The summed E-state index contributed by atoms with van der Waals surface area (Å²) in [5.74, 6) is 0.860. The van der Waals surface area contributed by atoms with Crippen molar-refractivity contribution >= 4 is 11.8 Å². The second-order valence-electron chi connectivity index (χ2n) is 4.63. The van der Waals surface area contributed by atoms with Crippen LogP contribution in [0.25, 0.3) is 0 Å². The zero-order chi connectivity index (χ0) is 15.5. The van der Waals surface area contributed by atoms with Gasteiger partial charge in [0, 0.05) is 30.8 Å². The van der Waals surface area contributed by atoms with E-state index in [0.29, 0.717) is 18.4 Å². The molecule has 0 amide bonds. The summed E-state index contributed by atoms with van der Waals surface area (Å²) in [6.07, 6.45) is 3.86. The van der Waals surface area contributed by atoms with E-state index in [9.17, 15) is 18.3 Å². The average molecular weight is 316 g/mol. The Labute approximate surface area is 124 Å². The van der Waals surface area contributed by atoms with Gasteiger partial charge in [0.1, 0.15) is 5.82 Å². The van der Waals surface area contributed by atoms with Crippen molar-refractivity contribution in [2.24, 2.45) is 7.05 Å². The highest BCUT2D eigenvalue weighted by molar-refractivity contribution is 8.00. The van der Waals surface area contributed by atoms with Gasteiger partial charge in [-0.15, -0.1) is 0 Å². The molecule has 7 heteroatoms. The molecule has 0 aliphatic heterocycles. The third-order valence-electron chi connectivity index (χ3n) is 3.06. The molecule has 0 spiro atoms. The van der Waals surface area contributed by atoms with Crippen molar-refractivity contribution in [1.29, 1.82) is 0 Å². The first kappa shape index (κ1) is 15.9. The highest BCUT2D eigenvalue weighted by Crippen LogP contribution is 2.37. The van der Waals surface area contributed by atoms with Gasteiger partial charge in [-0.05, 0) is 35.9 Å². The van der Waals surface area contributed by atoms with E-state index < -0.39 is 11.6 Å². The summed E-state index contributed by atoms with van der Waals surface area (Å²) >= 11 is -0.160. The summed E-state index contributed by atoms with van der Waals surface area (Å²) in [6, 6.07) is 5.79. The SMILES string of the molecule is Cn1ccnc1CCC(O)c1ccc(SC(F)(F)F)cc1. The van der Waals surface area contributed by atoms with Gasteiger partial charge in [0.2, 0.25) is 0 Å². The molecule has 0 radical (unpaired) electrons. The molecule has 0 aliphatic carbocycles. The maximum absolute atomic E-state index is 12.2. The van der Waals surface area contributed by atoms with Crippen LogP contribution in [0.4, 0.5) is 13.2 Å². The second kappa shape index (κ2) is 6.53. The Morgan fingerprint density at radius 2 is 1.95 bits per heavy atom. The number of imidazole rings is 1. The fourth-order valence-corrected chi connectivity index (χ4v) is 2.50. The van der Waals surface area contributed by atoms with Gasteiger partial charge in [0.15, 0.2) is 0 Å². The van der Waals surface area contributed by atoms with Gasteiger partial charge < -0.3 is 9.67 Å². The van der Waals surface area contributed by atoms with Gasteiger partial charge >= 0.3 is 5.51 Å². The largest absolute Gasteiger partial charge is 0.446 e. The number of nitrogens with zero attached hydrogens (tertiary/aromatic N) is 2. The van der Waals surface area contributed by atoms with E-state index in [4.69, 9.17) is 0 Å². The summed E-state index contributed by atoms with van der Waals surface area (Å²) in [4.78, 5) is 4.27. The third kappa shape index (κ3) is 4.78. The molecule has 114 valence electrons. The van der Waals surface area contributed by atoms with Gasteiger partial charge in [-0.1, -0.05) is 12.1 Å². The zero-order valence-corrected chi connectivity index (χ0v) is 12.2. The molecule has 1 aromatic carbocycles. The predicted octanol–water partition coefficient (Wildman–Crippen LogP) is 3.70. The fraction of sp³-hybridized carbons (Fsp3) is 0.357. The van der Waals surface area contributed by atoms with Gasteiger partial charge in [-0.2, -0.15) is 13.2 Å². The lowest BCUT2D eigenvalue weighted by atomic mass is 10.0. The number of alkyl halides is 3. The van der Waals surface area contributed by atoms with Crippen LogP contribution in [-0.2, 0) is 13.5 Å². The fourth-order valence-electron chi connectivity index (χ4n) is 1.96. The van der Waals surface area contributed by atoms with Crippen LogP contribution in [0.3, 0.4) is 0 Å². The number of aryl methyl sites for hydroxylation is 2. The molecule has 3 nitrogen and oxygen atoms in total. The summed E-state index contributed by atoms with van der Waals surface area (Å²) in [5.41, 5.74) is -3.69. The molecule has 21 heavy (non-hydrogen) atoms. The first-order valence-corrected chi connectivity index (χ1v) is 7.17. The first-order valence-electron chi connectivity index (χ1n) is 6.35. The standard InChI is InChI=1S/C14H15F3N2OS/c1-19-9-8-18-13(19)7-6-12(20)10-2-4-11(5-3-10)21-14(15,16)17/h2-5,8-9,12,20H,6-7H2,1H3. The predicted molar refractivity (Wildman–Crippen MR) is 74.8 cm³/mol. The molecular weight excluding hydrogens is 301 g/mol. The summed E-state index contributed by atoms with van der Waals surface area (Å²) in [6.45, 7) is 0. The number of hydrogen-bond donors (Lipinski definition) is 1. The highest BCUT2D eigenvalue weighted by atomic mass is 32.2. The molecule has 0 aliphatic rings. The Morgan fingerprint density at radius 1 is 1.29 bits per heavy atom. The minimum absolute atomic E-state index is 0.113. The number of rotatable bonds is 5. The minimum Gasteiger partial charge on any atom is -0.388 e. The van der Waals surface area contributed by atoms with E-state index in [1.54, 1.807) is 6.20 Å². The molecule has 1 heterocycles. The topological polar surface area (TPSA) is 38.0 Å². The van der Waals surface area contributed by atoms with Gasteiger partial charge in [-0.25, -0.2) is 4.98 Å². The summed E-state index contributed by atoms with van der Waals surface area (Å²) < 4.78 is 38.5. The number of halogens is 3. The molecule has 1 aromatic heterocycles. The summed E-state index contributed by atoms with van der Waals surface area (Å²) in [5, 5.41) is 10.1. The maximum Gasteiger partial charge on any atom is 0.446 e. The molecule has 0 saturated carbocycles. The number of benzene rings is 1. The highest BCUT2D eigenvalue weighted by Gasteiger charge is 2.29. The Hall–Kier alpha value is -1.47. The quantitative estimate of drug-likeness (QED) is 0.855. The van der Waals surface area contributed by atoms with E-state index in [2.05, 4.69) is 4.98 Å². The van der Waals surface area contributed by atoms with Gasteiger partial charge in [0.25, 0.3) is 0 Å². The van der Waals surface area contributed by atoms with Crippen molar-refractivity contribution in [1.82, 2.24) is 9.55 Å². The number of aliphatic hydroxyl groups excluding tert-OH is 1. The number of hydrogen-bond acceptors (Lipinski definition) is 3. The summed E-state index contributed by atoms with van der Waals surface area (Å²) in [7, 11) is 1.87. The van der Waals surface area contributed by atoms with Gasteiger partial charge in [0.05, 0.1) is 6.10 Å². The van der Waals surface area contributed by atoms with Crippen LogP contribution >= 0.6 is 11.8 Å². The monoisotopic (exact) mass is 316 g/mol. The van der Waals surface area contributed by atoms with E-state index in [0.717, 1.165) is 5.82 Å². The van der Waals surface area contributed by atoms with Crippen LogP contribution in [0.5, 0.6) is 0 Å². The van der Waals surface area contributed by atoms with E-state index in [-0.39, 0.29) is 16.7 Å². The number of aliphatic hydroxyl groups is 1. The van der Waals surface area contributed by atoms with Crippen LogP contribution in [0, 0.1) is 0 Å². The normalized spacial score (nSPS) is 13.4. The van der Waals surface area contributed by atoms with Crippen LogP contribution < -0.4 is 0 Å². The lowest BCUT2D eigenvalue weighted by Gasteiger charge is -2.12. The van der Waals surface area contributed by atoms with Crippen LogP contribution in [0.2, 0.25) is 0 Å². The third-order valence-corrected chi connectivity index (χ3v) is 3.80. The van der Waals surface area contributed by atoms with Crippen molar-refractivity contribution in [2.45, 2.75) is 29.3 Å². The Bertz CT molecular complexity index is 581. The van der Waals surface area contributed by atoms with Crippen LogP contribution in [0.15, 0.2) is 41.6 Å². The Kier molecular flexibility index (Phi) is 4.95. The molecule has 1 N–H and O–H groups in total. The van der Waals surface area contributed by atoms with Crippen molar-refractivity contribution in [3.05, 3.63) is 48.0 Å². The smallest absolute Gasteiger partial charge is 0.388 e. The van der Waals surface area contributed by atoms with Crippen LogP contribution in [-0.4, -0.2) is 20.2 Å². The molecule has 1 atom stereocenters. The van der Waals surface area contributed by atoms with Crippen LogP contribution in [0.1, 0.15) is 23.9 Å². The molecule has 2 aromatic rings. The Morgan fingerprint density at radius 3 is 2.48 bits per heavy atom. The molecule has 2 rings (SSSR count). The molecule has 0 fully saturated rings. The maximum atomic E-state index is 12.2. The molecule has 0 bridgehead atoms. The lowest BCUT2D eigenvalue weighted by Crippen LogP contribution is -2.04. The number of thioether (sulfide) groups is 1. The molecule has 0 saturated heterocycles. The van der Waals surface area contributed by atoms with Crippen molar-refractivity contribution in [3.63, 3.8) is 0 Å². The average Bonchev–Trinajstić information content (AvgIpc) is 2.80. The van der Waals surface area contributed by atoms with E-state index >= 15 is 0 Å². The van der Waals surface area contributed by atoms with Crippen molar-refractivity contribution in [3.8, 4) is 0 Å². The van der Waals surface area contributed by atoms with Crippen molar-refractivity contribution < 1.29 is 18.3 Å². The minimum atomic E-state index is -4.29. The molecule has 1 unspecified atom stereocenters. The second-order valence-corrected chi connectivity index (χ2v) is 5.76. The van der Waals surface area contributed by atoms with E-state index in [1.807, 2.05) is 17.8 Å². The molecular formula is C14H15F3N2OS. The lowest BCUT2D eigenvalue weighted by molar-refractivity contribution is -0.0328. The zero-order valence-electron chi connectivity index (χ0n) is 11.3. The van der Waals surface area contributed by atoms with E-state index in [1.165, 1.54) is 24.3 Å². The number of aromatic nitrogens is 2. The van der Waals surface area contributed by atoms with Crippen molar-refractivity contribution in [2.75, 3.05) is 0 Å².